The molecule has 30 heavy (non-hydrogen) atoms. The van der Waals surface area contributed by atoms with Gasteiger partial charge in [0.1, 0.15) is 0 Å². The van der Waals surface area contributed by atoms with E-state index in [-0.39, 0.29) is 11.8 Å². The molecule has 1 fully saturated rings. The van der Waals surface area contributed by atoms with Crippen molar-refractivity contribution < 1.29 is 9.59 Å². The summed E-state index contributed by atoms with van der Waals surface area (Å²) >= 11 is 6.22. The number of halogens is 1. The number of allylic oxidation sites excluding steroid dienone is 1. The van der Waals surface area contributed by atoms with Gasteiger partial charge in [-0.05, 0) is 42.2 Å². The van der Waals surface area contributed by atoms with Crippen molar-refractivity contribution in [1.29, 1.82) is 0 Å². The molecule has 0 atom stereocenters. The number of hydrogen-bond acceptors (Lipinski definition) is 3. The largest absolute Gasteiger partial charge is 0.337 e. The maximum Gasteiger partial charge on any atom is 0.246 e. The number of nitrogens with zero attached hydrogens (tertiary/aromatic N) is 2. The van der Waals surface area contributed by atoms with Crippen molar-refractivity contribution in [2.45, 2.75) is 20.3 Å². The molecule has 0 radical (unpaired) electrons. The summed E-state index contributed by atoms with van der Waals surface area (Å²) in [6.07, 6.45) is 2.52. The maximum absolute atomic E-state index is 12.6. The van der Waals surface area contributed by atoms with Crippen LogP contribution in [0.5, 0.6) is 0 Å². The van der Waals surface area contributed by atoms with E-state index in [1.54, 1.807) is 6.08 Å². The first kappa shape index (κ1) is 22.1. The van der Waals surface area contributed by atoms with Gasteiger partial charge < -0.3 is 10.2 Å². The van der Waals surface area contributed by atoms with E-state index in [0.29, 0.717) is 37.7 Å². The Labute approximate surface area is 183 Å². The predicted octanol–water partition coefficient (Wildman–Crippen LogP) is 4.09. The van der Waals surface area contributed by atoms with Crippen molar-refractivity contribution in [1.82, 2.24) is 9.80 Å². The summed E-state index contributed by atoms with van der Waals surface area (Å²) in [5.74, 6) is -0.0430. The highest BCUT2D eigenvalue weighted by Crippen LogP contribution is 2.23. The van der Waals surface area contributed by atoms with E-state index < -0.39 is 0 Å². The lowest BCUT2D eigenvalue weighted by molar-refractivity contribution is -0.127. The van der Waals surface area contributed by atoms with Crippen LogP contribution in [0.2, 0.25) is 5.02 Å². The fourth-order valence-corrected chi connectivity index (χ4v) is 3.89. The molecular formula is C24H28ClN3O2. The molecule has 158 valence electrons. The zero-order chi connectivity index (χ0) is 21.5. The Kier molecular flexibility index (Phi) is 7.66. The standard InChI is InChI=1S/C24H28ClN3O2/c1-3-19-8-4-7-11-22(19)26-23(29)17-27-12-14-28(15-13-27)24(30)16-18(2)20-9-5-6-10-21(20)25/h4-11,16H,3,12-15,17H2,1-2H3,(H,26,29). The Morgan fingerprint density at radius 3 is 2.40 bits per heavy atom. The van der Waals surface area contributed by atoms with E-state index in [1.807, 2.05) is 60.4 Å². The van der Waals surface area contributed by atoms with Gasteiger partial charge in [0, 0.05) is 43.0 Å². The second-order valence-electron chi connectivity index (χ2n) is 7.47. The molecule has 0 bridgehead atoms. The van der Waals surface area contributed by atoms with E-state index in [4.69, 9.17) is 11.6 Å². The van der Waals surface area contributed by atoms with Gasteiger partial charge in [0.25, 0.3) is 0 Å². The van der Waals surface area contributed by atoms with Gasteiger partial charge in [-0.15, -0.1) is 0 Å². The summed E-state index contributed by atoms with van der Waals surface area (Å²) in [6.45, 7) is 6.85. The van der Waals surface area contributed by atoms with Gasteiger partial charge in [-0.2, -0.15) is 0 Å². The molecule has 3 rings (SSSR count). The van der Waals surface area contributed by atoms with Crippen molar-refractivity contribution in [3.63, 3.8) is 0 Å². The third-order valence-electron chi connectivity index (χ3n) is 5.36. The van der Waals surface area contributed by atoms with Crippen LogP contribution in [0.3, 0.4) is 0 Å². The molecular weight excluding hydrogens is 398 g/mol. The number of anilines is 1. The predicted molar refractivity (Wildman–Crippen MR) is 123 cm³/mol. The molecule has 0 saturated carbocycles. The van der Waals surface area contributed by atoms with Crippen molar-refractivity contribution >= 4 is 34.7 Å². The summed E-state index contributed by atoms with van der Waals surface area (Å²) in [7, 11) is 0. The number of hydrogen-bond donors (Lipinski definition) is 1. The average Bonchev–Trinajstić information content (AvgIpc) is 2.74. The number of nitrogens with one attached hydrogen (secondary N) is 1. The molecule has 1 aliphatic rings. The van der Waals surface area contributed by atoms with Crippen molar-refractivity contribution in [3.8, 4) is 0 Å². The fourth-order valence-electron chi connectivity index (χ4n) is 3.61. The second-order valence-corrected chi connectivity index (χ2v) is 7.87. The first-order chi connectivity index (χ1) is 14.5. The van der Waals surface area contributed by atoms with E-state index in [2.05, 4.69) is 17.1 Å². The minimum absolute atomic E-state index is 0.0200. The van der Waals surface area contributed by atoms with Crippen LogP contribution in [0.25, 0.3) is 5.57 Å². The van der Waals surface area contributed by atoms with Crippen LogP contribution in [0.4, 0.5) is 5.69 Å². The number of aryl methyl sites for hydroxylation is 1. The van der Waals surface area contributed by atoms with E-state index in [9.17, 15) is 9.59 Å². The molecule has 1 heterocycles. The van der Waals surface area contributed by atoms with Gasteiger partial charge in [0.2, 0.25) is 11.8 Å². The van der Waals surface area contributed by atoms with E-state index in [1.165, 1.54) is 0 Å². The zero-order valence-electron chi connectivity index (χ0n) is 17.5. The molecule has 0 spiro atoms. The van der Waals surface area contributed by atoms with Gasteiger partial charge >= 0.3 is 0 Å². The highest BCUT2D eigenvalue weighted by atomic mass is 35.5. The van der Waals surface area contributed by atoms with Crippen LogP contribution in [0.1, 0.15) is 25.0 Å². The Morgan fingerprint density at radius 1 is 1.03 bits per heavy atom. The monoisotopic (exact) mass is 425 g/mol. The molecule has 1 N–H and O–H groups in total. The van der Waals surface area contributed by atoms with Gasteiger partial charge in [-0.1, -0.05) is 54.9 Å². The number of para-hydroxylation sites is 1. The highest BCUT2D eigenvalue weighted by molar-refractivity contribution is 6.32. The quantitative estimate of drug-likeness (QED) is 0.709. The molecule has 2 aromatic carbocycles. The average molecular weight is 426 g/mol. The summed E-state index contributed by atoms with van der Waals surface area (Å²) in [5, 5.41) is 3.65. The van der Waals surface area contributed by atoms with Crippen LogP contribution >= 0.6 is 11.6 Å². The number of piperazine rings is 1. The third kappa shape index (κ3) is 5.71. The number of amides is 2. The SMILES string of the molecule is CCc1ccccc1NC(=O)CN1CCN(C(=O)C=C(C)c2ccccc2Cl)CC1. The Hall–Kier alpha value is -2.63. The van der Waals surface area contributed by atoms with Gasteiger partial charge in [0.05, 0.1) is 6.54 Å². The first-order valence-electron chi connectivity index (χ1n) is 10.3. The van der Waals surface area contributed by atoms with Crippen molar-refractivity contribution in [2.75, 3.05) is 38.0 Å². The van der Waals surface area contributed by atoms with Crippen LogP contribution in [-0.4, -0.2) is 54.3 Å². The van der Waals surface area contributed by atoms with Crippen LogP contribution < -0.4 is 5.32 Å². The Bertz CT molecular complexity index is 934. The summed E-state index contributed by atoms with van der Waals surface area (Å²) in [5.41, 5.74) is 3.72. The smallest absolute Gasteiger partial charge is 0.246 e. The lowest BCUT2D eigenvalue weighted by Gasteiger charge is -2.34. The summed E-state index contributed by atoms with van der Waals surface area (Å²) in [4.78, 5) is 29.0. The molecule has 6 heteroatoms. The Morgan fingerprint density at radius 2 is 1.70 bits per heavy atom. The lowest BCUT2D eigenvalue weighted by Crippen LogP contribution is -2.50. The molecule has 2 amide bonds. The second kappa shape index (κ2) is 10.4. The number of carbonyl (C=O) groups excluding carboxylic acids is 2. The first-order valence-corrected chi connectivity index (χ1v) is 10.7. The van der Waals surface area contributed by atoms with E-state index in [0.717, 1.165) is 28.8 Å². The zero-order valence-corrected chi connectivity index (χ0v) is 18.3. The van der Waals surface area contributed by atoms with E-state index >= 15 is 0 Å². The minimum atomic E-state index is -0.0230. The number of benzene rings is 2. The van der Waals surface area contributed by atoms with Crippen LogP contribution in [0.15, 0.2) is 54.6 Å². The van der Waals surface area contributed by atoms with Gasteiger partial charge in [-0.25, -0.2) is 0 Å². The van der Waals surface area contributed by atoms with Crippen molar-refractivity contribution in [2.24, 2.45) is 0 Å². The van der Waals surface area contributed by atoms with Crippen LogP contribution in [0, 0.1) is 0 Å². The Balaban J connectivity index is 1.51. The number of rotatable bonds is 6. The molecule has 2 aromatic rings. The normalized spacial score (nSPS) is 15.2. The molecule has 5 nitrogen and oxygen atoms in total. The molecule has 1 saturated heterocycles. The fraction of sp³-hybridized carbons (Fsp3) is 0.333. The summed E-state index contributed by atoms with van der Waals surface area (Å²) < 4.78 is 0. The summed E-state index contributed by atoms with van der Waals surface area (Å²) in [6, 6.07) is 15.4. The van der Waals surface area contributed by atoms with Gasteiger partial charge in [0.15, 0.2) is 0 Å². The maximum atomic E-state index is 12.6. The lowest BCUT2D eigenvalue weighted by atomic mass is 10.1. The molecule has 0 aliphatic carbocycles. The molecule has 0 aromatic heterocycles. The number of carbonyl (C=O) groups is 2. The van der Waals surface area contributed by atoms with Crippen molar-refractivity contribution in [3.05, 3.63) is 70.8 Å². The third-order valence-corrected chi connectivity index (χ3v) is 5.69. The highest BCUT2D eigenvalue weighted by Gasteiger charge is 2.22. The minimum Gasteiger partial charge on any atom is -0.337 e. The molecule has 1 aliphatic heterocycles. The topological polar surface area (TPSA) is 52.7 Å². The molecule has 0 unspecified atom stereocenters. The van der Waals surface area contributed by atoms with Gasteiger partial charge in [-0.3, -0.25) is 14.5 Å². The van der Waals surface area contributed by atoms with Crippen LogP contribution in [-0.2, 0) is 16.0 Å².